The van der Waals surface area contributed by atoms with Crippen LogP contribution < -0.4 is 0 Å². The van der Waals surface area contributed by atoms with Crippen molar-refractivity contribution in [2.75, 3.05) is 27.4 Å². The number of aliphatic hydroxyl groups excluding tert-OH is 2. The maximum atomic E-state index is 12.5. The van der Waals surface area contributed by atoms with Crippen molar-refractivity contribution in [1.29, 1.82) is 0 Å². The first-order chi connectivity index (χ1) is 25.4. The van der Waals surface area contributed by atoms with Crippen LogP contribution in [0.15, 0.2) is 48.6 Å². The minimum Gasteiger partial charge on any atom is -0.469 e. The molecule has 2 N–H and O–H groups in total. The molecule has 0 amide bonds. The fourth-order valence-corrected chi connectivity index (χ4v) is 15.3. The Morgan fingerprint density at radius 3 is 1.10 bits per heavy atom. The quantitative estimate of drug-likeness (QED) is 0.196. The molecule has 0 aromatic heterocycles. The monoisotopic (exact) mass is 714 g/mol. The normalized spacial score (nSPS) is 50.5. The van der Waals surface area contributed by atoms with Gasteiger partial charge >= 0.3 is 11.9 Å². The molecule has 0 aromatic carbocycles. The number of rotatable bonds is 8. The van der Waals surface area contributed by atoms with Gasteiger partial charge in [0.2, 0.25) is 0 Å². The topological polar surface area (TPSA) is 93.1 Å². The first-order valence-electron chi connectivity index (χ1n) is 21.5. The van der Waals surface area contributed by atoms with E-state index in [1.54, 1.807) is 0 Å². The van der Waals surface area contributed by atoms with Gasteiger partial charge in [-0.15, -0.1) is 0 Å². The fraction of sp³-hybridized carbons (Fsp3) is 0.783. The van der Waals surface area contributed by atoms with E-state index in [2.05, 4.69) is 48.6 Å². The third-order valence-corrected chi connectivity index (χ3v) is 17.0. The smallest absolute Gasteiger partial charge is 0.309 e. The number of methoxy groups -OCH3 is 2. The van der Waals surface area contributed by atoms with E-state index in [1.165, 1.54) is 59.2 Å². The van der Waals surface area contributed by atoms with Crippen LogP contribution >= 0.6 is 0 Å². The number of fused-ring (bicyclic) bond motifs is 8. The zero-order valence-electron chi connectivity index (χ0n) is 32.2. The number of hydrogen-bond donors (Lipinski definition) is 2. The Kier molecular flexibility index (Phi) is 10.7. The van der Waals surface area contributed by atoms with Gasteiger partial charge in [0, 0.05) is 13.2 Å². The maximum Gasteiger partial charge on any atom is 0.309 e. The molecule has 0 aromatic rings. The van der Waals surface area contributed by atoms with Crippen LogP contribution in [0.3, 0.4) is 0 Å². The average Bonchev–Trinajstić information content (AvgIpc) is 4.04. The Hall–Kier alpha value is -2.18. The van der Waals surface area contributed by atoms with E-state index in [0.717, 1.165) is 54.8 Å². The minimum atomic E-state index is -0.0180. The third-order valence-electron chi connectivity index (χ3n) is 17.0. The second-order valence-corrected chi connectivity index (χ2v) is 18.6. The largest absolute Gasteiger partial charge is 0.469 e. The third kappa shape index (κ3) is 6.03. The molecule has 0 heterocycles. The van der Waals surface area contributed by atoms with Crippen molar-refractivity contribution in [1.82, 2.24) is 0 Å². The highest BCUT2D eigenvalue weighted by molar-refractivity contribution is 5.75. The SMILES string of the molecule is CC.COC(=O)C1[C@H](C2CCC([C@@H]3C(C(=O)OC)[C@H]4C=C[C@@H]3C4)C2)[C@H]2C=C[C@@H]1C2.OCC1[C@H](C2CCC([C@@H]3C(CO)[C@H]4C=C[C@@H]3C4)C2)[C@H]2C=C[C@@H]1C2. The van der Waals surface area contributed by atoms with Crippen molar-refractivity contribution >= 4 is 11.9 Å². The number of esters is 2. The van der Waals surface area contributed by atoms with E-state index in [9.17, 15) is 19.8 Å². The number of allylic oxidation sites excluding steroid dienone is 8. The van der Waals surface area contributed by atoms with Gasteiger partial charge in [0.15, 0.2) is 0 Å². The number of hydrogen-bond acceptors (Lipinski definition) is 6. The molecule has 10 aliphatic rings. The molecular formula is C46H66O6. The van der Waals surface area contributed by atoms with Gasteiger partial charge in [-0.05, 0) is 171 Å². The molecule has 6 fully saturated rings. The summed E-state index contributed by atoms with van der Waals surface area (Å²) in [6.45, 7) is 4.76. The lowest BCUT2D eigenvalue weighted by Crippen LogP contribution is -2.34. The van der Waals surface area contributed by atoms with Gasteiger partial charge in [0.05, 0.1) is 26.1 Å². The number of carbonyl (C=O) groups is 2. The molecule has 10 aliphatic carbocycles. The highest BCUT2D eigenvalue weighted by Crippen LogP contribution is 2.61. The van der Waals surface area contributed by atoms with E-state index >= 15 is 0 Å². The minimum absolute atomic E-state index is 0.0180. The van der Waals surface area contributed by atoms with Gasteiger partial charge in [-0.2, -0.15) is 0 Å². The summed E-state index contributed by atoms with van der Waals surface area (Å²) in [6.07, 6.45) is 31.3. The molecule has 6 heteroatoms. The molecule has 0 spiro atoms. The van der Waals surface area contributed by atoms with Crippen molar-refractivity contribution in [2.45, 2.75) is 78.1 Å². The first-order valence-corrected chi connectivity index (χ1v) is 21.5. The summed E-state index contributed by atoms with van der Waals surface area (Å²) in [4.78, 5) is 24.9. The second-order valence-electron chi connectivity index (χ2n) is 18.6. The van der Waals surface area contributed by atoms with E-state index in [1.807, 2.05) is 13.8 Å². The van der Waals surface area contributed by atoms with Crippen LogP contribution in [0.2, 0.25) is 0 Å². The van der Waals surface area contributed by atoms with Crippen molar-refractivity contribution in [2.24, 2.45) is 118 Å². The van der Waals surface area contributed by atoms with E-state index in [-0.39, 0.29) is 23.8 Å². The molecule has 6 saturated carbocycles. The molecule has 52 heavy (non-hydrogen) atoms. The lowest BCUT2D eigenvalue weighted by atomic mass is 9.71. The summed E-state index contributed by atoms with van der Waals surface area (Å²) in [5.41, 5.74) is 0. The first kappa shape index (κ1) is 36.8. The summed E-state index contributed by atoms with van der Waals surface area (Å²) < 4.78 is 10.3. The van der Waals surface area contributed by atoms with Crippen molar-refractivity contribution < 1.29 is 29.3 Å². The van der Waals surface area contributed by atoms with E-state index < -0.39 is 0 Å². The molecule has 0 radical (unpaired) electrons. The van der Waals surface area contributed by atoms with Gasteiger partial charge in [-0.3, -0.25) is 9.59 Å². The Morgan fingerprint density at radius 1 is 0.462 bits per heavy atom. The summed E-state index contributed by atoms with van der Waals surface area (Å²) in [6, 6.07) is 0. The molecule has 20 atom stereocenters. The van der Waals surface area contributed by atoms with Crippen LogP contribution in [0.5, 0.6) is 0 Å². The predicted molar refractivity (Wildman–Crippen MR) is 202 cm³/mol. The molecular weight excluding hydrogens is 649 g/mol. The number of aliphatic hydroxyl groups is 2. The van der Waals surface area contributed by atoms with Gasteiger partial charge in [0.1, 0.15) is 0 Å². The van der Waals surface area contributed by atoms with Gasteiger partial charge in [0.25, 0.3) is 0 Å². The zero-order valence-corrected chi connectivity index (χ0v) is 32.2. The molecule has 8 unspecified atom stereocenters. The van der Waals surface area contributed by atoms with E-state index in [0.29, 0.717) is 84.2 Å². The average molecular weight is 715 g/mol. The molecule has 0 aliphatic heterocycles. The Morgan fingerprint density at radius 2 is 0.750 bits per heavy atom. The van der Waals surface area contributed by atoms with Crippen molar-refractivity contribution in [3.63, 3.8) is 0 Å². The Balaban J connectivity index is 0.000000144. The lowest BCUT2D eigenvalue weighted by molar-refractivity contribution is -0.149. The number of ether oxygens (including phenoxy) is 2. The van der Waals surface area contributed by atoms with Crippen molar-refractivity contribution in [3.8, 4) is 0 Å². The summed E-state index contributed by atoms with van der Waals surface area (Å²) in [5.74, 6) is 10.9. The van der Waals surface area contributed by atoms with Crippen LogP contribution in [0.4, 0.5) is 0 Å². The van der Waals surface area contributed by atoms with Crippen LogP contribution in [0.25, 0.3) is 0 Å². The molecule has 286 valence electrons. The second kappa shape index (κ2) is 15.2. The Bertz CT molecular complexity index is 1330. The summed E-state index contributed by atoms with van der Waals surface area (Å²) in [5, 5.41) is 19.8. The van der Waals surface area contributed by atoms with Crippen LogP contribution in [-0.2, 0) is 19.1 Å². The molecule has 0 saturated heterocycles. The van der Waals surface area contributed by atoms with E-state index in [4.69, 9.17) is 9.47 Å². The van der Waals surface area contributed by atoms with Gasteiger partial charge in [-0.25, -0.2) is 0 Å². The van der Waals surface area contributed by atoms with Gasteiger partial charge < -0.3 is 19.7 Å². The molecule has 8 bridgehead atoms. The van der Waals surface area contributed by atoms with Crippen LogP contribution in [0.1, 0.15) is 78.1 Å². The highest BCUT2D eigenvalue weighted by atomic mass is 16.5. The van der Waals surface area contributed by atoms with Crippen LogP contribution in [0, 0.1) is 118 Å². The fourth-order valence-electron chi connectivity index (χ4n) is 15.3. The van der Waals surface area contributed by atoms with Gasteiger partial charge in [-0.1, -0.05) is 62.5 Å². The zero-order chi connectivity index (χ0) is 36.3. The maximum absolute atomic E-state index is 12.5. The molecule has 6 nitrogen and oxygen atoms in total. The standard InChI is InChI=1S/C23H30O4.C21H30O2.C2H6/c1-26-22(24)20-16-7-5-14(10-16)18(20)12-3-4-13(9-12)19-15-6-8-17(11-15)21(19)23(25)27-2;22-10-18-12-1-3-14(7-12)20(18)16-5-6-17(9-16)21-15-4-2-13(8-15)19(21)11-23;1-2/h5-8,12-21H,3-4,9-11H2,1-2H3;1-4,12-23H,5-11H2;1-2H3/t12?,13?,14-,15+,16+,17-,18+,19-,20?,21?;12-,13+,14+,15-,16?,17?,18?,19?,20+,21-;. The van der Waals surface area contributed by atoms with Crippen molar-refractivity contribution in [3.05, 3.63) is 48.6 Å². The Labute approximate surface area is 312 Å². The highest BCUT2D eigenvalue weighted by Gasteiger charge is 2.57. The summed E-state index contributed by atoms with van der Waals surface area (Å²) >= 11 is 0. The van der Waals surface area contributed by atoms with Crippen LogP contribution in [-0.4, -0.2) is 49.6 Å². The molecule has 10 rings (SSSR count). The summed E-state index contributed by atoms with van der Waals surface area (Å²) in [7, 11) is 3.05. The number of carbonyl (C=O) groups excluding carboxylic acids is 2. The predicted octanol–water partition coefficient (Wildman–Crippen LogP) is 7.92. The lowest BCUT2D eigenvalue weighted by Gasteiger charge is -2.34.